The highest BCUT2D eigenvalue weighted by atomic mass is 16.2. The molecule has 0 saturated heterocycles. The van der Waals surface area contributed by atoms with Gasteiger partial charge in [0.15, 0.2) is 5.69 Å². The number of hydrogen-bond acceptors (Lipinski definition) is 4. The first-order valence-corrected chi connectivity index (χ1v) is 4.76. The molecule has 0 unspecified atom stereocenters. The van der Waals surface area contributed by atoms with E-state index >= 15 is 0 Å². The van der Waals surface area contributed by atoms with Gasteiger partial charge in [-0.15, -0.1) is 0 Å². The Morgan fingerprint density at radius 3 is 2.94 bits per heavy atom. The predicted octanol–water partition coefficient (Wildman–Crippen LogP) is 0.516. The van der Waals surface area contributed by atoms with Gasteiger partial charge in [0.25, 0.3) is 5.91 Å². The number of aromatic nitrogens is 3. The molecule has 6 heteroatoms. The molecule has 2 rings (SSSR count). The van der Waals surface area contributed by atoms with Gasteiger partial charge in [-0.25, -0.2) is 0 Å². The lowest BCUT2D eigenvalue weighted by Gasteiger charge is -2.07. The zero-order chi connectivity index (χ0) is 11.4. The van der Waals surface area contributed by atoms with E-state index in [2.05, 4.69) is 20.7 Å². The first-order chi connectivity index (χ1) is 7.81. The molecule has 1 amide bonds. The number of nitrogens with two attached hydrogens (primary N) is 1. The van der Waals surface area contributed by atoms with E-state index in [4.69, 9.17) is 5.73 Å². The molecule has 2 aromatic rings. The zero-order valence-corrected chi connectivity index (χ0v) is 8.47. The number of aromatic amines is 1. The largest absolute Gasteiger partial charge is 0.326 e. The van der Waals surface area contributed by atoms with Gasteiger partial charge in [0.2, 0.25) is 0 Å². The molecule has 0 spiro atoms. The minimum Gasteiger partial charge on any atom is -0.326 e. The number of rotatable bonds is 3. The molecule has 0 bridgehead atoms. The van der Waals surface area contributed by atoms with Gasteiger partial charge >= 0.3 is 0 Å². The van der Waals surface area contributed by atoms with Crippen LogP contribution in [0.5, 0.6) is 0 Å². The summed E-state index contributed by atoms with van der Waals surface area (Å²) in [5.74, 6) is -0.311. The van der Waals surface area contributed by atoms with Gasteiger partial charge in [-0.2, -0.15) is 15.4 Å². The average Bonchev–Trinajstić information content (AvgIpc) is 2.83. The molecule has 1 heterocycles. The molecule has 0 atom stereocenters. The van der Waals surface area contributed by atoms with E-state index in [1.54, 1.807) is 6.07 Å². The van der Waals surface area contributed by atoms with Crippen molar-refractivity contribution in [3.8, 4) is 0 Å². The highest BCUT2D eigenvalue weighted by Crippen LogP contribution is 2.14. The van der Waals surface area contributed by atoms with E-state index in [9.17, 15) is 4.79 Å². The lowest BCUT2D eigenvalue weighted by Crippen LogP contribution is -2.14. The summed E-state index contributed by atoms with van der Waals surface area (Å²) in [5, 5.41) is 12.4. The van der Waals surface area contributed by atoms with Gasteiger partial charge in [-0.1, -0.05) is 18.2 Å². The smallest absolute Gasteiger partial charge is 0.277 e. The summed E-state index contributed by atoms with van der Waals surface area (Å²) in [5.41, 5.74) is 7.37. The zero-order valence-electron chi connectivity index (χ0n) is 8.47. The van der Waals surface area contributed by atoms with E-state index in [1.165, 1.54) is 6.20 Å². The number of nitrogens with zero attached hydrogens (tertiary/aromatic N) is 2. The van der Waals surface area contributed by atoms with Gasteiger partial charge in [0.1, 0.15) is 0 Å². The number of anilines is 1. The lowest BCUT2D eigenvalue weighted by molar-refractivity contribution is 0.102. The van der Waals surface area contributed by atoms with Crippen molar-refractivity contribution in [3.63, 3.8) is 0 Å². The average molecular weight is 217 g/mol. The number of nitrogens with one attached hydrogen (secondary N) is 2. The van der Waals surface area contributed by atoms with E-state index in [-0.39, 0.29) is 11.6 Å². The van der Waals surface area contributed by atoms with Crippen LogP contribution in [0.25, 0.3) is 0 Å². The maximum atomic E-state index is 11.7. The molecule has 0 fully saturated rings. The Balaban J connectivity index is 2.18. The number of H-pyrrole nitrogens is 1. The maximum absolute atomic E-state index is 11.7. The Labute approximate surface area is 91.9 Å². The summed E-state index contributed by atoms with van der Waals surface area (Å²) in [6.07, 6.45) is 1.36. The first-order valence-electron chi connectivity index (χ1n) is 4.76. The second kappa shape index (κ2) is 4.54. The quantitative estimate of drug-likeness (QED) is 0.698. The molecule has 1 aromatic heterocycles. The van der Waals surface area contributed by atoms with Crippen LogP contribution in [0, 0.1) is 0 Å². The third kappa shape index (κ3) is 2.06. The second-order valence-electron chi connectivity index (χ2n) is 3.17. The maximum Gasteiger partial charge on any atom is 0.277 e. The molecule has 16 heavy (non-hydrogen) atoms. The Morgan fingerprint density at radius 2 is 2.25 bits per heavy atom. The Morgan fingerprint density at radius 1 is 1.44 bits per heavy atom. The van der Waals surface area contributed by atoms with Crippen LogP contribution in [0.2, 0.25) is 0 Å². The summed E-state index contributed by atoms with van der Waals surface area (Å²) in [7, 11) is 0. The van der Waals surface area contributed by atoms with Gasteiger partial charge in [-0.05, 0) is 11.6 Å². The molecule has 4 N–H and O–H groups in total. The van der Waals surface area contributed by atoms with Crippen LogP contribution in [-0.2, 0) is 6.54 Å². The van der Waals surface area contributed by atoms with Crippen LogP contribution in [0.1, 0.15) is 16.1 Å². The number of amides is 1. The van der Waals surface area contributed by atoms with Crippen LogP contribution in [-0.4, -0.2) is 21.3 Å². The SMILES string of the molecule is NCc1ccccc1NC(=O)c1cn[nH]n1. The van der Waals surface area contributed by atoms with Gasteiger partial charge < -0.3 is 11.1 Å². The molecule has 0 aliphatic heterocycles. The Bertz CT molecular complexity index is 480. The van der Waals surface area contributed by atoms with Crippen molar-refractivity contribution in [3.05, 3.63) is 41.7 Å². The lowest BCUT2D eigenvalue weighted by atomic mass is 10.2. The number of para-hydroxylation sites is 1. The van der Waals surface area contributed by atoms with Crippen LogP contribution in [0.4, 0.5) is 5.69 Å². The third-order valence-corrected chi connectivity index (χ3v) is 2.13. The van der Waals surface area contributed by atoms with Gasteiger partial charge in [-0.3, -0.25) is 4.79 Å². The van der Waals surface area contributed by atoms with Crippen molar-refractivity contribution in [2.45, 2.75) is 6.54 Å². The highest BCUT2D eigenvalue weighted by Gasteiger charge is 2.10. The molecule has 0 radical (unpaired) electrons. The normalized spacial score (nSPS) is 10.1. The monoisotopic (exact) mass is 217 g/mol. The summed E-state index contributed by atoms with van der Waals surface area (Å²) in [6.45, 7) is 0.370. The molecule has 0 saturated carbocycles. The number of benzene rings is 1. The highest BCUT2D eigenvalue weighted by molar-refractivity contribution is 6.02. The standard InChI is InChI=1S/C10H11N5O/c11-5-7-3-1-2-4-8(7)13-10(16)9-6-12-15-14-9/h1-4,6H,5,11H2,(H,13,16)(H,12,14,15). The Hall–Kier alpha value is -2.21. The minimum atomic E-state index is -0.311. The first kappa shape index (κ1) is 10.3. The summed E-state index contributed by atoms with van der Waals surface area (Å²) >= 11 is 0. The van der Waals surface area contributed by atoms with E-state index < -0.39 is 0 Å². The summed E-state index contributed by atoms with van der Waals surface area (Å²) < 4.78 is 0. The number of hydrogen-bond donors (Lipinski definition) is 3. The molecular weight excluding hydrogens is 206 g/mol. The van der Waals surface area contributed by atoms with Crippen LogP contribution in [0.3, 0.4) is 0 Å². The Kier molecular flexibility index (Phi) is 2.93. The van der Waals surface area contributed by atoms with E-state index in [0.29, 0.717) is 12.2 Å². The van der Waals surface area contributed by atoms with Gasteiger partial charge in [0, 0.05) is 12.2 Å². The molecule has 0 aliphatic rings. The van der Waals surface area contributed by atoms with Crippen molar-refractivity contribution in [1.82, 2.24) is 15.4 Å². The van der Waals surface area contributed by atoms with E-state index in [1.807, 2.05) is 18.2 Å². The minimum absolute atomic E-state index is 0.242. The van der Waals surface area contributed by atoms with Crippen LogP contribution >= 0.6 is 0 Å². The molecular formula is C10H11N5O. The fourth-order valence-corrected chi connectivity index (χ4v) is 1.32. The summed E-state index contributed by atoms with van der Waals surface area (Å²) in [4.78, 5) is 11.7. The van der Waals surface area contributed by atoms with Crippen molar-refractivity contribution in [1.29, 1.82) is 0 Å². The fraction of sp³-hybridized carbons (Fsp3) is 0.100. The van der Waals surface area contributed by atoms with Gasteiger partial charge in [0.05, 0.1) is 6.20 Å². The molecule has 6 nitrogen and oxygen atoms in total. The van der Waals surface area contributed by atoms with Crippen molar-refractivity contribution in [2.75, 3.05) is 5.32 Å². The van der Waals surface area contributed by atoms with Crippen molar-refractivity contribution >= 4 is 11.6 Å². The van der Waals surface area contributed by atoms with Crippen LogP contribution < -0.4 is 11.1 Å². The van der Waals surface area contributed by atoms with Crippen molar-refractivity contribution in [2.24, 2.45) is 5.73 Å². The molecule has 0 aliphatic carbocycles. The fourth-order valence-electron chi connectivity index (χ4n) is 1.32. The van der Waals surface area contributed by atoms with Crippen LogP contribution in [0.15, 0.2) is 30.5 Å². The number of carbonyl (C=O) groups is 1. The third-order valence-electron chi connectivity index (χ3n) is 2.13. The second-order valence-corrected chi connectivity index (χ2v) is 3.17. The predicted molar refractivity (Wildman–Crippen MR) is 58.7 cm³/mol. The molecule has 1 aromatic carbocycles. The van der Waals surface area contributed by atoms with E-state index in [0.717, 1.165) is 5.56 Å². The topological polar surface area (TPSA) is 96.7 Å². The summed E-state index contributed by atoms with van der Waals surface area (Å²) in [6, 6.07) is 7.35. The van der Waals surface area contributed by atoms with Crippen molar-refractivity contribution < 1.29 is 4.79 Å². The number of carbonyl (C=O) groups excluding carboxylic acids is 1. The molecule has 82 valence electrons.